The molecular formula is C15H14BrNO4S. The summed E-state index contributed by atoms with van der Waals surface area (Å²) in [5.41, 5.74) is 0.884. The first kappa shape index (κ1) is 16.5. The molecule has 0 aromatic heterocycles. The molecule has 0 radical (unpaired) electrons. The lowest BCUT2D eigenvalue weighted by atomic mass is 10.1. The molecule has 0 atom stereocenters. The van der Waals surface area contributed by atoms with Gasteiger partial charge in [0.05, 0.1) is 7.11 Å². The average Bonchev–Trinajstić information content (AvgIpc) is 2.47. The Kier molecular flexibility index (Phi) is 4.87. The summed E-state index contributed by atoms with van der Waals surface area (Å²) in [4.78, 5) is 11.3. The minimum atomic E-state index is -3.80. The third-order valence-electron chi connectivity index (χ3n) is 2.96. The molecule has 2 aromatic carbocycles. The van der Waals surface area contributed by atoms with Crippen LogP contribution in [0.3, 0.4) is 0 Å². The molecule has 0 amide bonds. The second-order valence-electron chi connectivity index (χ2n) is 4.53. The summed E-state index contributed by atoms with van der Waals surface area (Å²) >= 11 is 3.24. The molecule has 0 heterocycles. The SMILES string of the molecule is COc1ccc(Br)cc1S(=O)(=O)Nc1ccc(C(C)=O)cc1. The van der Waals surface area contributed by atoms with Gasteiger partial charge in [-0.25, -0.2) is 8.42 Å². The summed E-state index contributed by atoms with van der Waals surface area (Å²) in [5, 5.41) is 0. The number of ketones is 1. The highest BCUT2D eigenvalue weighted by atomic mass is 79.9. The maximum Gasteiger partial charge on any atom is 0.265 e. The van der Waals surface area contributed by atoms with Crippen LogP contribution in [0.4, 0.5) is 5.69 Å². The smallest absolute Gasteiger partial charge is 0.265 e. The number of nitrogens with one attached hydrogen (secondary N) is 1. The Morgan fingerprint density at radius 1 is 1.14 bits per heavy atom. The van der Waals surface area contributed by atoms with Crippen molar-refractivity contribution < 1.29 is 17.9 Å². The number of anilines is 1. The van der Waals surface area contributed by atoms with Gasteiger partial charge < -0.3 is 4.74 Å². The van der Waals surface area contributed by atoms with Crippen LogP contribution in [0.25, 0.3) is 0 Å². The standard InChI is InChI=1S/C15H14BrNO4S/c1-10(18)11-3-6-13(7-4-11)17-22(19,20)15-9-12(16)5-8-14(15)21-2/h3-9,17H,1-2H3. The summed E-state index contributed by atoms with van der Waals surface area (Å²) in [7, 11) is -2.39. The molecule has 7 heteroatoms. The number of hydrogen-bond acceptors (Lipinski definition) is 4. The Balaban J connectivity index is 2.35. The van der Waals surface area contributed by atoms with Crippen molar-refractivity contribution in [2.24, 2.45) is 0 Å². The second kappa shape index (κ2) is 6.50. The van der Waals surface area contributed by atoms with E-state index in [4.69, 9.17) is 4.74 Å². The van der Waals surface area contributed by atoms with Crippen LogP contribution >= 0.6 is 15.9 Å². The Bertz CT molecular complexity index is 801. The second-order valence-corrected chi connectivity index (χ2v) is 7.10. The summed E-state index contributed by atoms with van der Waals surface area (Å²) in [6.07, 6.45) is 0. The van der Waals surface area contributed by atoms with Gasteiger partial charge in [-0.05, 0) is 49.4 Å². The molecule has 5 nitrogen and oxygen atoms in total. The van der Waals surface area contributed by atoms with Crippen molar-refractivity contribution in [3.8, 4) is 5.75 Å². The number of carbonyl (C=O) groups excluding carboxylic acids is 1. The Morgan fingerprint density at radius 3 is 2.32 bits per heavy atom. The van der Waals surface area contributed by atoms with Gasteiger partial charge >= 0.3 is 0 Å². The first-order chi connectivity index (χ1) is 10.3. The molecule has 0 unspecified atom stereocenters. The zero-order valence-electron chi connectivity index (χ0n) is 12.0. The number of benzene rings is 2. The van der Waals surface area contributed by atoms with E-state index in [0.717, 1.165) is 0 Å². The molecule has 0 aliphatic heterocycles. The largest absolute Gasteiger partial charge is 0.495 e. The topological polar surface area (TPSA) is 72.5 Å². The van der Waals surface area contributed by atoms with Crippen LogP contribution in [-0.4, -0.2) is 21.3 Å². The van der Waals surface area contributed by atoms with Crippen LogP contribution in [0.5, 0.6) is 5.75 Å². The van der Waals surface area contributed by atoms with Gasteiger partial charge in [0.1, 0.15) is 10.6 Å². The number of ether oxygens (including phenoxy) is 1. The number of Topliss-reactive ketones (excluding diaryl/α,β-unsaturated/α-hetero) is 1. The molecule has 116 valence electrons. The van der Waals surface area contributed by atoms with Crippen LogP contribution in [0, 0.1) is 0 Å². The molecule has 22 heavy (non-hydrogen) atoms. The first-order valence-corrected chi connectivity index (χ1v) is 8.58. The fourth-order valence-corrected chi connectivity index (χ4v) is 3.61. The summed E-state index contributed by atoms with van der Waals surface area (Å²) in [5.74, 6) is 0.166. The van der Waals surface area contributed by atoms with Gasteiger partial charge in [-0.1, -0.05) is 15.9 Å². The third kappa shape index (κ3) is 3.66. The van der Waals surface area contributed by atoms with E-state index in [9.17, 15) is 13.2 Å². The normalized spacial score (nSPS) is 11.0. The van der Waals surface area contributed by atoms with Crippen molar-refractivity contribution in [3.63, 3.8) is 0 Å². The lowest BCUT2D eigenvalue weighted by molar-refractivity contribution is 0.101. The van der Waals surface area contributed by atoms with E-state index in [1.165, 1.54) is 20.1 Å². The van der Waals surface area contributed by atoms with Gasteiger partial charge in [-0.2, -0.15) is 0 Å². The molecule has 0 spiro atoms. The van der Waals surface area contributed by atoms with E-state index >= 15 is 0 Å². The summed E-state index contributed by atoms with van der Waals surface area (Å²) in [6, 6.07) is 10.9. The van der Waals surface area contributed by atoms with Gasteiger partial charge in [0.25, 0.3) is 10.0 Å². The minimum absolute atomic E-state index is 0.0278. The number of methoxy groups -OCH3 is 1. The fraction of sp³-hybridized carbons (Fsp3) is 0.133. The van der Waals surface area contributed by atoms with E-state index in [-0.39, 0.29) is 16.4 Å². The quantitative estimate of drug-likeness (QED) is 0.802. The van der Waals surface area contributed by atoms with Gasteiger partial charge in [0.15, 0.2) is 5.78 Å². The number of rotatable bonds is 5. The molecule has 1 N–H and O–H groups in total. The molecule has 0 aliphatic rings. The van der Waals surface area contributed by atoms with E-state index in [1.54, 1.807) is 36.4 Å². The highest BCUT2D eigenvalue weighted by Gasteiger charge is 2.20. The predicted octanol–water partition coefficient (Wildman–Crippen LogP) is 3.46. The summed E-state index contributed by atoms with van der Waals surface area (Å²) in [6.45, 7) is 1.45. The van der Waals surface area contributed by atoms with Crippen molar-refractivity contribution in [2.75, 3.05) is 11.8 Å². The molecule has 2 aromatic rings. The lowest BCUT2D eigenvalue weighted by Crippen LogP contribution is -2.14. The first-order valence-electron chi connectivity index (χ1n) is 6.31. The van der Waals surface area contributed by atoms with E-state index in [0.29, 0.717) is 15.7 Å². The van der Waals surface area contributed by atoms with Crippen LogP contribution in [0.2, 0.25) is 0 Å². The van der Waals surface area contributed by atoms with Gasteiger partial charge in [0.2, 0.25) is 0 Å². The van der Waals surface area contributed by atoms with Crippen molar-refractivity contribution in [2.45, 2.75) is 11.8 Å². The average molecular weight is 384 g/mol. The van der Waals surface area contributed by atoms with Crippen LogP contribution in [0.15, 0.2) is 51.8 Å². The van der Waals surface area contributed by atoms with Gasteiger partial charge in [-0.3, -0.25) is 9.52 Å². The molecular weight excluding hydrogens is 370 g/mol. The summed E-state index contributed by atoms with van der Waals surface area (Å²) < 4.78 is 33.1. The molecule has 0 aliphatic carbocycles. The molecule has 0 saturated heterocycles. The molecule has 2 rings (SSSR count). The van der Waals surface area contributed by atoms with Crippen LogP contribution in [0.1, 0.15) is 17.3 Å². The maximum absolute atomic E-state index is 12.5. The zero-order valence-corrected chi connectivity index (χ0v) is 14.4. The number of sulfonamides is 1. The third-order valence-corrected chi connectivity index (χ3v) is 4.85. The maximum atomic E-state index is 12.5. The minimum Gasteiger partial charge on any atom is -0.495 e. The Morgan fingerprint density at radius 2 is 1.77 bits per heavy atom. The van der Waals surface area contributed by atoms with Crippen molar-refractivity contribution in [3.05, 3.63) is 52.5 Å². The zero-order chi connectivity index (χ0) is 16.3. The predicted molar refractivity (Wildman–Crippen MR) is 87.9 cm³/mol. The molecule has 0 bridgehead atoms. The van der Waals surface area contributed by atoms with Crippen molar-refractivity contribution in [1.29, 1.82) is 0 Å². The Labute approximate surface area is 137 Å². The van der Waals surface area contributed by atoms with Crippen LogP contribution < -0.4 is 9.46 Å². The Hall–Kier alpha value is -1.86. The molecule has 0 fully saturated rings. The highest BCUT2D eigenvalue weighted by Crippen LogP contribution is 2.28. The van der Waals surface area contributed by atoms with Crippen molar-refractivity contribution in [1.82, 2.24) is 0 Å². The number of carbonyl (C=O) groups is 1. The van der Waals surface area contributed by atoms with Crippen molar-refractivity contribution >= 4 is 37.4 Å². The monoisotopic (exact) mass is 383 g/mol. The van der Waals surface area contributed by atoms with E-state index < -0.39 is 10.0 Å². The number of hydrogen-bond donors (Lipinski definition) is 1. The van der Waals surface area contributed by atoms with Gasteiger partial charge in [-0.15, -0.1) is 0 Å². The van der Waals surface area contributed by atoms with Gasteiger partial charge in [0, 0.05) is 15.7 Å². The van der Waals surface area contributed by atoms with E-state index in [2.05, 4.69) is 20.7 Å². The lowest BCUT2D eigenvalue weighted by Gasteiger charge is -2.12. The highest BCUT2D eigenvalue weighted by molar-refractivity contribution is 9.10. The fourth-order valence-electron chi connectivity index (χ4n) is 1.84. The number of halogens is 1. The van der Waals surface area contributed by atoms with Crippen LogP contribution in [-0.2, 0) is 10.0 Å². The van der Waals surface area contributed by atoms with E-state index in [1.807, 2.05) is 0 Å². The molecule has 0 saturated carbocycles.